The number of hydrogen-bond donors (Lipinski definition) is 1. The standard InChI is InChI=1S/C13H13N3O3/c1-8-12(9(2)17)7-14-13(15-8)10-4-3-5-11(6-10)16(18)19/h3-7,9,17H,1-2H3/t9-/m1/s1. The van der Waals surface area contributed by atoms with E-state index in [0.29, 0.717) is 22.6 Å². The zero-order chi connectivity index (χ0) is 14.0. The van der Waals surface area contributed by atoms with Gasteiger partial charge < -0.3 is 5.11 Å². The quantitative estimate of drug-likeness (QED) is 0.675. The Hall–Kier alpha value is -2.34. The molecule has 0 unspecified atom stereocenters. The molecule has 6 heteroatoms. The number of rotatable bonds is 3. The predicted octanol–water partition coefficient (Wildman–Crippen LogP) is 2.41. The van der Waals surface area contributed by atoms with Gasteiger partial charge >= 0.3 is 0 Å². The summed E-state index contributed by atoms with van der Waals surface area (Å²) in [4.78, 5) is 18.7. The van der Waals surface area contributed by atoms with Crippen molar-refractivity contribution < 1.29 is 10.0 Å². The molecule has 0 aliphatic heterocycles. The second kappa shape index (κ2) is 5.11. The van der Waals surface area contributed by atoms with E-state index in [4.69, 9.17) is 0 Å². The van der Waals surface area contributed by atoms with E-state index in [-0.39, 0.29) is 5.69 Å². The maximum absolute atomic E-state index is 10.7. The van der Waals surface area contributed by atoms with Gasteiger partial charge in [-0.3, -0.25) is 10.1 Å². The molecule has 0 fully saturated rings. The minimum atomic E-state index is -0.640. The first kappa shape index (κ1) is 13.1. The second-order valence-electron chi connectivity index (χ2n) is 4.22. The fourth-order valence-corrected chi connectivity index (χ4v) is 1.78. The number of aliphatic hydroxyl groups excluding tert-OH is 1. The molecule has 1 aromatic carbocycles. The van der Waals surface area contributed by atoms with Crippen molar-refractivity contribution in [3.8, 4) is 11.4 Å². The summed E-state index contributed by atoms with van der Waals surface area (Å²) in [6, 6.07) is 6.15. The summed E-state index contributed by atoms with van der Waals surface area (Å²) in [5.41, 5.74) is 1.88. The molecule has 98 valence electrons. The van der Waals surface area contributed by atoms with E-state index in [2.05, 4.69) is 9.97 Å². The van der Waals surface area contributed by atoms with Crippen LogP contribution >= 0.6 is 0 Å². The van der Waals surface area contributed by atoms with Crippen molar-refractivity contribution in [2.75, 3.05) is 0 Å². The number of nitro groups is 1. The van der Waals surface area contributed by atoms with Gasteiger partial charge in [-0.25, -0.2) is 9.97 Å². The molecule has 1 heterocycles. The average Bonchev–Trinajstić information content (AvgIpc) is 2.38. The van der Waals surface area contributed by atoms with Gasteiger partial charge in [-0.15, -0.1) is 0 Å². The highest BCUT2D eigenvalue weighted by atomic mass is 16.6. The number of nitro benzene ring substituents is 1. The van der Waals surface area contributed by atoms with Crippen LogP contribution < -0.4 is 0 Å². The predicted molar refractivity (Wildman–Crippen MR) is 69.5 cm³/mol. The Bertz CT molecular complexity index is 626. The first-order valence-electron chi connectivity index (χ1n) is 5.75. The molecule has 0 aliphatic rings. The lowest BCUT2D eigenvalue weighted by atomic mass is 10.1. The van der Waals surface area contributed by atoms with Gasteiger partial charge in [-0.05, 0) is 13.8 Å². The topological polar surface area (TPSA) is 89.2 Å². The lowest BCUT2D eigenvalue weighted by molar-refractivity contribution is -0.384. The first-order valence-corrected chi connectivity index (χ1v) is 5.75. The Labute approximate surface area is 109 Å². The molecule has 19 heavy (non-hydrogen) atoms. The summed E-state index contributed by atoms with van der Waals surface area (Å²) < 4.78 is 0. The molecule has 0 radical (unpaired) electrons. The van der Waals surface area contributed by atoms with Gasteiger partial charge in [0.15, 0.2) is 5.82 Å². The van der Waals surface area contributed by atoms with Gasteiger partial charge in [0, 0.05) is 35.2 Å². The van der Waals surface area contributed by atoms with Crippen LogP contribution in [-0.4, -0.2) is 20.0 Å². The summed E-state index contributed by atoms with van der Waals surface area (Å²) in [6.45, 7) is 3.41. The Morgan fingerprint density at radius 3 is 2.74 bits per heavy atom. The molecular weight excluding hydrogens is 246 g/mol. The van der Waals surface area contributed by atoms with Gasteiger partial charge in [0.1, 0.15) is 0 Å². The normalized spacial score (nSPS) is 12.2. The minimum absolute atomic E-state index is 0.00152. The summed E-state index contributed by atoms with van der Waals surface area (Å²) in [7, 11) is 0. The van der Waals surface area contributed by atoms with Crippen molar-refractivity contribution in [1.82, 2.24) is 9.97 Å². The molecule has 1 N–H and O–H groups in total. The molecule has 0 amide bonds. The van der Waals surface area contributed by atoms with E-state index in [0.717, 1.165) is 0 Å². The van der Waals surface area contributed by atoms with E-state index < -0.39 is 11.0 Å². The van der Waals surface area contributed by atoms with Crippen LogP contribution in [0.25, 0.3) is 11.4 Å². The van der Waals surface area contributed by atoms with Crippen LogP contribution in [0.2, 0.25) is 0 Å². The summed E-state index contributed by atoms with van der Waals surface area (Å²) in [6.07, 6.45) is 0.903. The number of aliphatic hydroxyl groups is 1. The Morgan fingerprint density at radius 1 is 1.42 bits per heavy atom. The number of hydrogen-bond acceptors (Lipinski definition) is 5. The number of nitrogens with zero attached hydrogens (tertiary/aromatic N) is 3. The minimum Gasteiger partial charge on any atom is -0.389 e. The molecule has 1 aromatic heterocycles. The van der Waals surface area contributed by atoms with E-state index >= 15 is 0 Å². The molecule has 0 saturated carbocycles. The average molecular weight is 259 g/mol. The zero-order valence-corrected chi connectivity index (χ0v) is 10.6. The van der Waals surface area contributed by atoms with Crippen LogP contribution in [0.15, 0.2) is 30.5 Å². The van der Waals surface area contributed by atoms with Gasteiger partial charge in [-0.1, -0.05) is 12.1 Å². The Morgan fingerprint density at radius 2 is 2.16 bits per heavy atom. The van der Waals surface area contributed by atoms with Crippen LogP contribution in [0.1, 0.15) is 24.3 Å². The number of aromatic nitrogens is 2. The molecule has 0 bridgehead atoms. The summed E-state index contributed by atoms with van der Waals surface area (Å²) >= 11 is 0. The third-order valence-electron chi connectivity index (χ3n) is 2.78. The molecule has 0 spiro atoms. The highest BCUT2D eigenvalue weighted by Crippen LogP contribution is 2.22. The van der Waals surface area contributed by atoms with Gasteiger partial charge in [0.05, 0.1) is 11.0 Å². The molecule has 0 aliphatic carbocycles. The van der Waals surface area contributed by atoms with Crippen LogP contribution in [0.5, 0.6) is 0 Å². The summed E-state index contributed by atoms with van der Waals surface area (Å²) in [5, 5.41) is 20.2. The van der Waals surface area contributed by atoms with Crippen LogP contribution in [0, 0.1) is 17.0 Å². The van der Waals surface area contributed by atoms with Gasteiger partial charge in [-0.2, -0.15) is 0 Å². The smallest absolute Gasteiger partial charge is 0.270 e. The van der Waals surface area contributed by atoms with Crippen LogP contribution in [-0.2, 0) is 0 Å². The maximum atomic E-state index is 10.7. The van der Waals surface area contributed by atoms with E-state index in [9.17, 15) is 15.2 Å². The highest BCUT2D eigenvalue weighted by molar-refractivity contribution is 5.59. The molecular formula is C13H13N3O3. The highest BCUT2D eigenvalue weighted by Gasteiger charge is 2.12. The van der Waals surface area contributed by atoms with Crippen molar-refractivity contribution >= 4 is 5.69 Å². The van der Waals surface area contributed by atoms with Gasteiger partial charge in [0.2, 0.25) is 0 Å². The van der Waals surface area contributed by atoms with E-state index in [1.165, 1.54) is 12.1 Å². The van der Waals surface area contributed by atoms with E-state index in [1.54, 1.807) is 32.2 Å². The Kier molecular flexibility index (Phi) is 3.52. The monoisotopic (exact) mass is 259 g/mol. The van der Waals surface area contributed by atoms with Crippen molar-refractivity contribution in [2.24, 2.45) is 0 Å². The molecule has 2 rings (SSSR count). The van der Waals surface area contributed by atoms with E-state index in [1.807, 2.05) is 0 Å². The van der Waals surface area contributed by atoms with Crippen molar-refractivity contribution in [1.29, 1.82) is 0 Å². The van der Waals surface area contributed by atoms with Crippen LogP contribution in [0.4, 0.5) is 5.69 Å². The molecule has 6 nitrogen and oxygen atoms in total. The maximum Gasteiger partial charge on any atom is 0.270 e. The van der Waals surface area contributed by atoms with Crippen molar-refractivity contribution in [2.45, 2.75) is 20.0 Å². The van der Waals surface area contributed by atoms with Gasteiger partial charge in [0.25, 0.3) is 5.69 Å². The lowest BCUT2D eigenvalue weighted by Crippen LogP contribution is -2.01. The fraction of sp³-hybridized carbons (Fsp3) is 0.231. The van der Waals surface area contributed by atoms with Crippen molar-refractivity contribution in [3.05, 3.63) is 51.8 Å². The summed E-state index contributed by atoms with van der Waals surface area (Å²) in [5.74, 6) is 0.408. The number of aryl methyl sites for hydroxylation is 1. The zero-order valence-electron chi connectivity index (χ0n) is 10.6. The second-order valence-corrected chi connectivity index (χ2v) is 4.22. The molecule has 0 saturated heterocycles. The molecule has 1 atom stereocenters. The first-order chi connectivity index (χ1) is 8.99. The molecule has 2 aromatic rings. The fourth-order valence-electron chi connectivity index (χ4n) is 1.78. The van der Waals surface area contributed by atoms with Crippen LogP contribution in [0.3, 0.4) is 0 Å². The third kappa shape index (κ3) is 2.74. The van der Waals surface area contributed by atoms with Crippen molar-refractivity contribution in [3.63, 3.8) is 0 Å². The lowest BCUT2D eigenvalue weighted by Gasteiger charge is -2.08. The largest absolute Gasteiger partial charge is 0.389 e. The Balaban J connectivity index is 2.45. The SMILES string of the molecule is Cc1nc(-c2cccc([N+](=O)[O-])c2)ncc1[C@@H](C)O. The third-order valence-corrected chi connectivity index (χ3v) is 2.78. The number of non-ortho nitro benzene ring substituents is 1. The number of benzene rings is 1.